The van der Waals surface area contributed by atoms with Gasteiger partial charge in [0.15, 0.2) is 0 Å². The average Bonchev–Trinajstić information content (AvgIpc) is 2.44. The number of nitrogens with one attached hydrogen (secondary N) is 1. The monoisotopic (exact) mass is 296 g/mol. The third kappa shape index (κ3) is 5.21. The molecule has 1 aromatic carbocycles. The molecule has 0 fully saturated rings. The summed E-state index contributed by atoms with van der Waals surface area (Å²) in [5.74, 6) is 0.489. The van der Waals surface area contributed by atoms with Crippen LogP contribution in [0.3, 0.4) is 0 Å². The van der Waals surface area contributed by atoms with Crippen molar-refractivity contribution in [3.63, 3.8) is 0 Å². The summed E-state index contributed by atoms with van der Waals surface area (Å²) in [7, 11) is 1.62. The van der Waals surface area contributed by atoms with Gasteiger partial charge >= 0.3 is 0 Å². The average molecular weight is 297 g/mol. The van der Waals surface area contributed by atoms with Gasteiger partial charge in [0.25, 0.3) is 5.91 Å². The van der Waals surface area contributed by atoms with Gasteiger partial charge in [-0.1, -0.05) is 26.0 Å². The number of hydrogen-bond donors (Lipinski definition) is 1. The minimum atomic E-state index is -0.175. The van der Waals surface area contributed by atoms with Crippen molar-refractivity contribution >= 4 is 23.4 Å². The van der Waals surface area contributed by atoms with Crippen LogP contribution in [-0.2, 0) is 10.7 Å². The Morgan fingerprint density at radius 3 is 2.35 bits per heavy atom. The maximum absolute atomic E-state index is 12.1. The van der Waals surface area contributed by atoms with E-state index in [1.54, 1.807) is 19.2 Å². The molecule has 0 spiro atoms. The van der Waals surface area contributed by atoms with Gasteiger partial charge in [-0.3, -0.25) is 9.59 Å². The molecule has 20 heavy (non-hydrogen) atoms. The molecule has 0 heterocycles. The maximum Gasteiger partial charge on any atom is 0.254 e. The summed E-state index contributed by atoms with van der Waals surface area (Å²) >= 11 is 5.70. The van der Waals surface area contributed by atoms with Gasteiger partial charge in [0.1, 0.15) is 0 Å². The van der Waals surface area contributed by atoms with E-state index in [1.807, 2.05) is 26.0 Å². The molecule has 110 valence electrons. The molecule has 1 N–H and O–H groups in total. The molecule has 0 aliphatic heterocycles. The second kappa shape index (κ2) is 7.90. The van der Waals surface area contributed by atoms with Crippen molar-refractivity contribution in [3.05, 3.63) is 35.4 Å². The van der Waals surface area contributed by atoms with Crippen LogP contribution in [0.5, 0.6) is 0 Å². The lowest BCUT2D eigenvalue weighted by Gasteiger charge is -2.17. The molecule has 0 bridgehead atoms. The lowest BCUT2D eigenvalue weighted by atomic mass is 10.1. The molecule has 0 atom stereocenters. The number of carbonyl (C=O) groups excluding carboxylic acids is 2. The largest absolute Gasteiger partial charge is 0.354 e. The third-order valence-electron chi connectivity index (χ3n) is 2.79. The first-order valence-corrected chi connectivity index (χ1v) is 7.14. The number of rotatable bonds is 6. The maximum atomic E-state index is 12.1. The predicted molar refractivity (Wildman–Crippen MR) is 80.8 cm³/mol. The first-order valence-electron chi connectivity index (χ1n) is 6.61. The van der Waals surface area contributed by atoms with Crippen molar-refractivity contribution < 1.29 is 9.59 Å². The Labute approximate surface area is 125 Å². The molecule has 1 rings (SSSR count). The van der Waals surface area contributed by atoms with Gasteiger partial charge in [-0.25, -0.2) is 0 Å². The fraction of sp³-hybridized carbons (Fsp3) is 0.467. The highest BCUT2D eigenvalue weighted by Crippen LogP contribution is 2.08. The molecule has 1 aromatic rings. The zero-order valence-corrected chi connectivity index (χ0v) is 12.9. The number of benzene rings is 1. The van der Waals surface area contributed by atoms with E-state index in [9.17, 15) is 9.59 Å². The van der Waals surface area contributed by atoms with Gasteiger partial charge in [-0.2, -0.15) is 0 Å². The number of nitrogens with zero attached hydrogens (tertiary/aromatic N) is 1. The standard InChI is InChI=1S/C15H21ClN2O2/c1-11(2)9-17-14(19)10-18(3)15(20)13-6-4-12(8-16)5-7-13/h4-7,11H,8-10H2,1-3H3,(H,17,19). The van der Waals surface area contributed by atoms with Gasteiger partial charge in [0.05, 0.1) is 6.54 Å². The van der Waals surface area contributed by atoms with E-state index in [0.717, 1.165) is 5.56 Å². The van der Waals surface area contributed by atoms with Crippen LogP contribution in [0.4, 0.5) is 0 Å². The van der Waals surface area contributed by atoms with Crippen molar-refractivity contribution in [1.82, 2.24) is 10.2 Å². The number of hydrogen-bond acceptors (Lipinski definition) is 2. The van der Waals surface area contributed by atoms with E-state index in [1.165, 1.54) is 4.90 Å². The molecule has 0 radical (unpaired) electrons. The fourth-order valence-electron chi connectivity index (χ4n) is 1.62. The topological polar surface area (TPSA) is 49.4 Å². The highest BCUT2D eigenvalue weighted by Gasteiger charge is 2.14. The van der Waals surface area contributed by atoms with Crippen molar-refractivity contribution in [1.29, 1.82) is 0 Å². The smallest absolute Gasteiger partial charge is 0.254 e. The minimum absolute atomic E-state index is 0.0583. The highest BCUT2D eigenvalue weighted by atomic mass is 35.5. The van der Waals surface area contributed by atoms with Gasteiger partial charge in [-0.15, -0.1) is 11.6 Å². The van der Waals surface area contributed by atoms with Crippen LogP contribution in [0, 0.1) is 5.92 Å². The van der Waals surface area contributed by atoms with Crippen LogP contribution in [0.1, 0.15) is 29.8 Å². The predicted octanol–water partition coefficient (Wildman–Crippen LogP) is 2.27. The summed E-state index contributed by atoms with van der Waals surface area (Å²) in [6.07, 6.45) is 0. The van der Waals surface area contributed by atoms with Crippen LogP contribution in [0.25, 0.3) is 0 Å². The van der Waals surface area contributed by atoms with E-state index in [0.29, 0.717) is 23.9 Å². The van der Waals surface area contributed by atoms with Crippen molar-refractivity contribution in [2.45, 2.75) is 19.7 Å². The first kappa shape index (κ1) is 16.5. The molecular formula is C15H21ClN2O2. The Hall–Kier alpha value is -1.55. The van der Waals surface area contributed by atoms with E-state index in [-0.39, 0.29) is 18.4 Å². The van der Waals surface area contributed by atoms with Crippen LogP contribution >= 0.6 is 11.6 Å². The van der Waals surface area contributed by atoms with Gasteiger partial charge in [0.2, 0.25) is 5.91 Å². The summed E-state index contributed by atoms with van der Waals surface area (Å²) in [4.78, 5) is 25.2. The second-order valence-corrected chi connectivity index (χ2v) is 5.46. The van der Waals surface area contributed by atoms with Crippen molar-refractivity contribution in [2.24, 2.45) is 5.92 Å². The minimum Gasteiger partial charge on any atom is -0.354 e. The third-order valence-corrected chi connectivity index (χ3v) is 3.10. The Kier molecular flexibility index (Phi) is 6.52. The molecule has 2 amide bonds. The molecule has 0 aromatic heterocycles. The Balaban J connectivity index is 2.55. The summed E-state index contributed by atoms with van der Waals surface area (Å²) in [6.45, 7) is 4.72. The molecule has 0 unspecified atom stereocenters. The van der Waals surface area contributed by atoms with Gasteiger partial charge in [0, 0.05) is 25.0 Å². The number of alkyl halides is 1. The van der Waals surface area contributed by atoms with Gasteiger partial charge in [-0.05, 0) is 23.6 Å². The van der Waals surface area contributed by atoms with E-state index in [4.69, 9.17) is 11.6 Å². The summed E-state index contributed by atoms with van der Waals surface area (Å²) < 4.78 is 0. The zero-order valence-electron chi connectivity index (χ0n) is 12.1. The number of carbonyl (C=O) groups is 2. The molecule has 5 heteroatoms. The molecule has 0 aliphatic rings. The number of amides is 2. The summed E-state index contributed by atoms with van der Waals surface area (Å²) in [6, 6.07) is 7.07. The van der Waals surface area contributed by atoms with E-state index >= 15 is 0 Å². The van der Waals surface area contributed by atoms with Gasteiger partial charge < -0.3 is 10.2 Å². The van der Waals surface area contributed by atoms with Crippen molar-refractivity contribution in [3.8, 4) is 0 Å². The molecule has 4 nitrogen and oxygen atoms in total. The lowest BCUT2D eigenvalue weighted by Crippen LogP contribution is -2.39. The Bertz CT molecular complexity index is 457. The van der Waals surface area contributed by atoms with E-state index in [2.05, 4.69) is 5.32 Å². The highest BCUT2D eigenvalue weighted by molar-refractivity contribution is 6.17. The molecule has 0 saturated carbocycles. The molecular weight excluding hydrogens is 276 g/mol. The Morgan fingerprint density at radius 1 is 1.25 bits per heavy atom. The summed E-state index contributed by atoms with van der Waals surface area (Å²) in [5, 5.41) is 2.79. The quantitative estimate of drug-likeness (QED) is 0.819. The molecule has 0 saturated heterocycles. The Morgan fingerprint density at radius 2 is 1.85 bits per heavy atom. The second-order valence-electron chi connectivity index (χ2n) is 5.19. The zero-order chi connectivity index (χ0) is 15.1. The molecule has 0 aliphatic carbocycles. The van der Waals surface area contributed by atoms with Crippen LogP contribution in [0.2, 0.25) is 0 Å². The first-order chi connectivity index (χ1) is 9.43. The SMILES string of the molecule is CC(C)CNC(=O)CN(C)C(=O)c1ccc(CCl)cc1. The fourth-order valence-corrected chi connectivity index (χ4v) is 1.80. The van der Waals surface area contributed by atoms with Crippen LogP contribution < -0.4 is 5.32 Å². The van der Waals surface area contributed by atoms with E-state index < -0.39 is 0 Å². The van der Waals surface area contributed by atoms with Crippen LogP contribution in [0.15, 0.2) is 24.3 Å². The normalized spacial score (nSPS) is 10.4. The lowest BCUT2D eigenvalue weighted by molar-refractivity contribution is -0.121. The number of likely N-dealkylation sites (N-methyl/N-ethyl adjacent to an activating group) is 1. The van der Waals surface area contributed by atoms with Crippen molar-refractivity contribution in [2.75, 3.05) is 20.1 Å². The summed E-state index contributed by atoms with van der Waals surface area (Å²) in [5.41, 5.74) is 1.51. The van der Waals surface area contributed by atoms with Crippen LogP contribution in [-0.4, -0.2) is 36.9 Å². The number of halogens is 1.